The molecule has 0 bridgehead atoms. The predicted molar refractivity (Wildman–Crippen MR) is 90.1 cm³/mol. The molecule has 1 atom stereocenters. The third kappa shape index (κ3) is 3.32. The minimum absolute atomic E-state index is 0.0112. The second kappa shape index (κ2) is 6.86. The molecule has 3 rings (SSSR count). The highest BCUT2D eigenvalue weighted by Crippen LogP contribution is 2.15. The van der Waals surface area contributed by atoms with Crippen molar-refractivity contribution in [2.75, 3.05) is 18.0 Å². The number of nitrogens with zero attached hydrogens (tertiary/aromatic N) is 5. The van der Waals surface area contributed by atoms with Crippen LogP contribution in [0.15, 0.2) is 29.6 Å². The van der Waals surface area contributed by atoms with Gasteiger partial charge in [0.15, 0.2) is 5.82 Å². The number of carbonyl (C=O) groups is 1. The van der Waals surface area contributed by atoms with E-state index < -0.39 is 0 Å². The average Bonchev–Trinajstić information content (AvgIpc) is 3.07. The summed E-state index contributed by atoms with van der Waals surface area (Å²) < 4.78 is 3.24. The number of rotatable bonds is 4. The van der Waals surface area contributed by atoms with Gasteiger partial charge in [0.25, 0.3) is 11.5 Å². The van der Waals surface area contributed by atoms with Gasteiger partial charge in [-0.15, -0.1) is 0 Å². The maximum atomic E-state index is 12.3. The quantitative estimate of drug-likeness (QED) is 0.877. The molecular formula is C16H22N6O2. The van der Waals surface area contributed by atoms with Crippen molar-refractivity contribution >= 4 is 11.7 Å². The van der Waals surface area contributed by atoms with E-state index in [0.29, 0.717) is 17.9 Å². The van der Waals surface area contributed by atoms with E-state index in [9.17, 15) is 9.59 Å². The van der Waals surface area contributed by atoms with E-state index in [1.165, 1.54) is 4.57 Å². The van der Waals surface area contributed by atoms with Crippen molar-refractivity contribution < 1.29 is 4.79 Å². The molecule has 1 N–H and O–H groups in total. The highest BCUT2D eigenvalue weighted by atomic mass is 16.2. The topological polar surface area (TPSA) is 85.0 Å². The molecule has 0 saturated carbocycles. The molecule has 8 heteroatoms. The highest BCUT2D eigenvalue weighted by Gasteiger charge is 2.24. The number of amides is 1. The fraction of sp³-hybridized carbons (Fsp3) is 0.500. The number of nitrogens with one attached hydrogen (secondary N) is 1. The van der Waals surface area contributed by atoms with Crippen LogP contribution in [0.4, 0.5) is 5.82 Å². The highest BCUT2D eigenvalue weighted by molar-refractivity contribution is 5.93. The number of hydrogen-bond acceptors (Lipinski definition) is 5. The number of aryl methyl sites for hydroxylation is 2. The molecule has 128 valence electrons. The minimum atomic E-state index is -0.129. The summed E-state index contributed by atoms with van der Waals surface area (Å²) in [5, 5.41) is 7.16. The van der Waals surface area contributed by atoms with E-state index >= 15 is 0 Å². The Kier molecular flexibility index (Phi) is 4.64. The van der Waals surface area contributed by atoms with Crippen molar-refractivity contribution in [3.05, 3.63) is 40.7 Å². The first-order valence-corrected chi connectivity index (χ1v) is 8.18. The van der Waals surface area contributed by atoms with E-state index in [-0.39, 0.29) is 17.5 Å². The molecule has 1 fully saturated rings. The van der Waals surface area contributed by atoms with Gasteiger partial charge in [-0.3, -0.25) is 14.3 Å². The number of piperidine rings is 1. The summed E-state index contributed by atoms with van der Waals surface area (Å²) in [4.78, 5) is 30.7. The largest absolute Gasteiger partial charge is 0.350 e. The lowest BCUT2D eigenvalue weighted by molar-refractivity contribution is 0.0933. The Morgan fingerprint density at radius 2 is 2.29 bits per heavy atom. The van der Waals surface area contributed by atoms with Crippen molar-refractivity contribution in [2.45, 2.75) is 32.4 Å². The molecule has 1 aliphatic heterocycles. The standard InChI is InChI=1S/C16H22N6O2/c1-3-22-10-12(9-18-22)15(23)19-13-5-4-7-21(11-13)14-16(24)20(2)8-6-17-14/h6,8-10,13H,3-5,7,11H2,1-2H3,(H,19,23). The molecule has 0 aliphatic carbocycles. The number of aromatic nitrogens is 4. The summed E-state index contributed by atoms with van der Waals surface area (Å²) in [5.41, 5.74) is 0.441. The lowest BCUT2D eigenvalue weighted by atomic mass is 10.1. The van der Waals surface area contributed by atoms with E-state index in [0.717, 1.165) is 25.9 Å². The summed E-state index contributed by atoms with van der Waals surface area (Å²) in [6.07, 6.45) is 8.37. The summed E-state index contributed by atoms with van der Waals surface area (Å²) in [5.74, 6) is 0.313. The zero-order valence-corrected chi connectivity index (χ0v) is 14.0. The Morgan fingerprint density at radius 1 is 1.46 bits per heavy atom. The van der Waals surface area contributed by atoms with Crippen molar-refractivity contribution in [2.24, 2.45) is 7.05 Å². The Hall–Kier alpha value is -2.64. The average molecular weight is 330 g/mol. The van der Waals surface area contributed by atoms with Crippen molar-refractivity contribution in [3.8, 4) is 0 Å². The molecule has 1 saturated heterocycles. The van der Waals surface area contributed by atoms with Gasteiger partial charge < -0.3 is 14.8 Å². The molecule has 2 aromatic heterocycles. The van der Waals surface area contributed by atoms with Crippen LogP contribution in [0.1, 0.15) is 30.1 Å². The molecule has 8 nitrogen and oxygen atoms in total. The molecule has 2 aromatic rings. The van der Waals surface area contributed by atoms with Gasteiger partial charge in [0.05, 0.1) is 11.8 Å². The van der Waals surface area contributed by atoms with Gasteiger partial charge in [-0.2, -0.15) is 5.10 Å². The molecular weight excluding hydrogens is 308 g/mol. The first-order chi connectivity index (χ1) is 11.6. The minimum Gasteiger partial charge on any atom is -0.350 e. The predicted octanol–water partition coefficient (Wildman–Crippen LogP) is 0.395. The van der Waals surface area contributed by atoms with Gasteiger partial charge in [0, 0.05) is 51.3 Å². The van der Waals surface area contributed by atoms with E-state index in [1.54, 1.807) is 36.5 Å². The first-order valence-electron chi connectivity index (χ1n) is 8.18. The third-order valence-corrected chi connectivity index (χ3v) is 4.27. The van der Waals surface area contributed by atoms with Crippen LogP contribution in [0.3, 0.4) is 0 Å². The number of carbonyl (C=O) groups excluding carboxylic acids is 1. The lowest BCUT2D eigenvalue weighted by Crippen LogP contribution is -2.49. The number of hydrogen-bond donors (Lipinski definition) is 1. The van der Waals surface area contributed by atoms with E-state index in [2.05, 4.69) is 15.4 Å². The van der Waals surface area contributed by atoms with Crippen LogP contribution in [0.5, 0.6) is 0 Å². The zero-order chi connectivity index (χ0) is 17.1. The van der Waals surface area contributed by atoms with E-state index in [1.807, 2.05) is 11.8 Å². The van der Waals surface area contributed by atoms with Crippen LogP contribution in [0, 0.1) is 0 Å². The third-order valence-electron chi connectivity index (χ3n) is 4.27. The summed E-state index contributed by atoms with van der Waals surface area (Å²) in [7, 11) is 1.71. The summed E-state index contributed by atoms with van der Waals surface area (Å²) in [6, 6.07) is -0.0112. The van der Waals surface area contributed by atoms with Gasteiger partial charge in [-0.1, -0.05) is 0 Å². The van der Waals surface area contributed by atoms with Gasteiger partial charge in [0.1, 0.15) is 0 Å². The maximum Gasteiger partial charge on any atom is 0.293 e. The normalized spacial score (nSPS) is 17.8. The molecule has 0 aromatic carbocycles. The van der Waals surface area contributed by atoms with Crippen LogP contribution >= 0.6 is 0 Å². The maximum absolute atomic E-state index is 12.3. The summed E-state index contributed by atoms with van der Waals surface area (Å²) in [6.45, 7) is 4.06. The van der Waals surface area contributed by atoms with Crippen LogP contribution in [-0.4, -0.2) is 44.4 Å². The monoisotopic (exact) mass is 330 g/mol. The second-order valence-electron chi connectivity index (χ2n) is 6.01. The fourth-order valence-electron chi connectivity index (χ4n) is 2.91. The Labute approximate surface area is 140 Å². The molecule has 1 unspecified atom stereocenters. The van der Waals surface area contributed by atoms with Gasteiger partial charge in [-0.25, -0.2) is 4.98 Å². The Morgan fingerprint density at radius 3 is 3.04 bits per heavy atom. The van der Waals surface area contributed by atoms with Crippen LogP contribution in [0.25, 0.3) is 0 Å². The molecule has 0 spiro atoms. The molecule has 24 heavy (non-hydrogen) atoms. The van der Waals surface area contributed by atoms with Crippen LogP contribution in [0.2, 0.25) is 0 Å². The van der Waals surface area contributed by atoms with Crippen molar-refractivity contribution in [1.82, 2.24) is 24.6 Å². The molecule has 1 aliphatic rings. The summed E-state index contributed by atoms with van der Waals surface area (Å²) >= 11 is 0. The SMILES string of the molecule is CCn1cc(C(=O)NC2CCCN(c3nccn(C)c3=O)C2)cn1. The fourth-order valence-corrected chi connectivity index (χ4v) is 2.91. The Balaban J connectivity index is 1.68. The molecule has 3 heterocycles. The van der Waals surface area contributed by atoms with Crippen LogP contribution < -0.4 is 15.8 Å². The molecule has 0 radical (unpaired) electrons. The van der Waals surface area contributed by atoms with Gasteiger partial charge in [0.2, 0.25) is 0 Å². The number of anilines is 1. The van der Waals surface area contributed by atoms with Crippen molar-refractivity contribution in [1.29, 1.82) is 0 Å². The second-order valence-corrected chi connectivity index (χ2v) is 6.01. The zero-order valence-electron chi connectivity index (χ0n) is 14.0. The van der Waals surface area contributed by atoms with Crippen molar-refractivity contribution in [3.63, 3.8) is 0 Å². The lowest BCUT2D eigenvalue weighted by Gasteiger charge is -2.33. The smallest absolute Gasteiger partial charge is 0.293 e. The van der Waals surface area contributed by atoms with Gasteiger partial charge in [-0.05, 0) is 19.8 Å². The van der Waals surface area contributed by atoms with Gasteiger partial charge >= 0.3 is 0 Å². The van der Waals surface area contributed by atoms with E-state index in [4.69, 9.17) is 0 Å². The molecule has 1 amide bonds. The van der Waals surface area contributed by atoms with Crippen LogP contribution in [-0.2, 0) is 13.6 Å². The first kappa shape index (κ1) is 16.2. The Bertz CT molecular complexity index is 781.